The highest BCUT2D eigenvalue weighted by Crippen LogP contribution is 2.26. The van der Waals surface area contributed by atoms with Crippen LogP contribution in [-0.4, -0.2) is 19.9 Å². The summed E-state index contributed by atoms with van der Waals surface area (Å²) in [6.07, 6.45) is 0.757. The van der Waals surface area contributed by atoms with Crippen molar-refractivity contribution in [2.45, 2.75) is 23.5 Å². The van der Waals surface area contributed by atoms with Crippen molar-refractivity contribution in [1.82, 2.24) is 19.9 Å². The molecule has 0 radical (unpaired) electrons. The number of anilines is 2. The fourth-order valence-corrected chi connectivity index (χ4v) is 2.64. The van der Waals surface area contributed by atoms with Crippen molar-refractivity contribution in [3.63, 3.8) is 0 Å². The molecule has 0 aromatic carbocycles. The first-order chi connectivity index (χ1) is 8.56. The molecule has 0 aliphatic rings. The van der Waals surface area contributed by atoms with Crippen LogP contribution < -0.4 is 11.5 Å². The normalized spacial score (nSPS) is 10.6. The third-order valence-corrected chi connectivity index (χ3v) is 3.16. The zero-order valence-electron chi connectivity index (χ0n) is 9.59. The zero-order chi connectivity index (χ0) is 13.1. The summed E-state index contributed by atoms with van der Waals surface area (Å²) in [6, 6.07) is 3.31. The molecule has 0 amide bonds. The Hall–Kier alpha value is -1.41. The van der Waals surface area contributed by atoms with Gasteiger partial charge < -0.3 is 11.5 Å². The van der Waals surface area contributed by atoms with Gasteiger partial charge in [0, 0.05) is 18.6 Å². The van der Waals surface area contributed by atoms with E-state index in [1.165, 1.54) is 17.8 Å². The lowest BCUT2D eigenvalue weighted by Gasteiger charge is -2.04. The smallest absolute Gasteiger partial charge is 0.197 e. The summed E-state index contributed by atoms with van der Waals surface area (Å²) < 4.78 is 0.730. The van der Waals surface area contributed by atoms with Gasteiger partial charge in [-0.15, -0.1) is 0 Å². The summed E-state index contributed by atoms with van der Waals surface area (Å²) >= 11 is 4.64. The van der Waals surface area contributed by atoms with Gasteiger partial charge in [0.25, 0.3) is 0 Å². The molecule has 2 heterocycles. The number of halogens is 1. The molecule has 0 bridgehead atoms. The fourth-order valence-electron chi connectivity index (χ4n) is 1.25. The van der Waals surface area contributed by atoms with Crippen LogP contribution in [0.15, 0.2) is 26.9 Å². The van der Waals surface area contributed by atoms with E-state index in [9.17, 15) is 0 Å². The molecule has 4 N–H and O–H groups in total. The fraction of sp³-hybridized carbons (Fsp3) is 0.200. The molecule has 2 aromatic rings. The van der Waals surface area contributed by atoms with E-state index in [1.807, 2.05) is 6.92 Å². The van der Waals surface area contributed by atoms with Crippen molar-refractivity contribution in [3.8, 4) is 0 Å². The maximum atomic E-state index is 5.61. The van der Waals surface area contributed by atoms with E-state index < -0.39 is 0 Å². The molecule has 0 atom stereocenters. The Labute approximate surface area is 117 Å². The number of aromatic nitrogens is 4. The van der Waals surface area contributed by atoms with Crippen molar-refractivity contribution < 1.29 is 0 Å². The molecule has 2 rings (SSSR count). The molecule has 2 aromatic heterocycles. The highest BCUT2D eigenvalue weighted by atomic mass is 79.9. The Morgan fingerprint density at radius 2 is 1.78 bits per heavy atom. The van der Waals surface area contributed by atoms with E-state index in [4.69, 9.17) is 11.5 Å². The molecule has 0 spiro atoms. The van der Waals surface area contributed by atoms with Gasteiger partial charge in [0.15, 0.2) is 5.16 Å². The van der Waals surface area contributed by atoms with Gasteiger partial charge in [0.1, 0.15) is 27.1 Å². The second-order valence-electron chi connectivity index (χ2n) is 3.40. The van der Waals surface area contributed by atoms with Crippen LogP contribution in [0.1, 0.15) is 12.7 Å². The Morgan fingerprint density at radius 3 is 2.39 bits per heavy atom. The first-order valence-corrected chi connectivity index (χ1v) is 6.79. The Balaban J connectivity index is 2.30. The molecule has 18 heavy (non-hydrogen) atoms. The molecule has 94 valence electrons. The van der Waals surface area contributed by atoms with E-state index in [0.717, 1.165) is 21.9 Å². The van der Waals surface area contributed by atoms with Crippen LogP contribution in [0.5, 0.6) is 0 Å². The first kappa shape index (κ1) is 13.0. The molecule has 0 aliphatic carbocycles. The molecule has 6 nitrogen and oxygen atoms in total. The van der Waals surface area contributed by atoms with Crippen molar-refractivity contribution in [2.75, 3.05) is 11.5 Å². The minimum atomic E-state index is 0.342. The van der Waals surface area contributed by atoms with Gasteiger partial charge in [-0.25, -0.2) is 19.9 Å². The third kappa shape index (κ3) is 3.30. The Morgan fingerprint density at radius 1 is 1.11 bits per heavy atom. The van der Waals surface area contributed by atoms with E-state index >= 15 is 0 Å². The van der Waals surface area contributed by atoms with E-state index in [0.29, 0.717) is 16.8 Å². The number of hydrogen-bond acceptors (Lipinski definition) is 7. The quantitative estimate of drug-likeness (QED) is 0.655. The average molecular weight is 327 g/mol. The minimum absolute atomic E-state index is 0.342. The second-order valence-corrected chi connectivity index (χ2v) is 5.20. The summed E-state index contributed by atoms with van der Waals surface area (Å²) in [5, 5.41) is 1.22. The second kappa shape index (κ2) is 5.49. The van der Waals surface area contributed by atoms with Crippen LogP contribution >= 0.6 is 27.7 Å². The van der Waals surface area contributed by atoms with Crippen LogP contribution in [0.25, 0.3) is 0 Å². The molecule has 0 saturated carbocycles. The Bertz CT molecular complexity index is 556. The molecule has 0 fully saturated rings. The topological polar surface area (TPSA) is 104 Å². The minimum Gasteiger partial charge on any atom is -0.383 e. The van der Waals surface area contributed by atoms with Crippen LogP contribution in [-0.2, 0) is 6.42 Å². The maximum Gasteiger partial charge on any atom is 0.197 e. The maximum absolute atomic E-state index is 5.61. The van der Waals surface area contributed by atoms with Gasteiger partial charge in [-0.3, -0.25) is 0 Å². The van der Waals surface area contributed by atoms with Crippen LogP contribution in [0.4, 0.5) is 11.6 Å². The van der Waals surface area contributed by atoms with Crippen LogP contribution in [0.3, 0.4) is 0 Å². The highest BCUT2D eigenvalue weighted by Gasteiger charge is 2.07. The zero-order valence-corrected chi connectivity index (χ0v) is 12.0. The van der Waals surface area contributed by atoms with Gasteiger partial charge in [-0.1, -0.05) is 6.92 Å². The predicted molar refractivity (Wildman–Crippen MR) is 74.1 cm³/mol. The van der Waals surface area contributed by atoms with Gasteiger partial charge in [0.05, 0.1) is 0 Å². The molecule has 0 saturated heterocycles. The molecule has 8 heteroatoms. The molecular formula is C10H11BrN6S. The number of nitrogen functional groups attached to an aromatic ring is 2. The van der Waals surface area contributed by atoms with Gasteiger partial charge in [0.2, 0.25) is 0 Å². The van der Waals surface area contributed by atoms with Crippen molar-refractivity contribution in [1.29, 1.82) is 0 Å². The van der Waals surface area contributed by atoms with Crippen molar-refractivity contribution >= 4 is 39.3 Å². The van der Waals surface area contributed by atoms with Crippen molar-refractivity contribution in [3.05, 3.63) is 22.6 Å². The predicted octanol–water partition coefficient (Wildman–Crippen LogP) is 1.91. The van der Waals surface area contributed by atoms with Gasteiger partial charge >= 0.3 is 0 Å². The summed E-state index contributed by atoms with van der Waals surface area (Å²) in [5.41, 5.74) is 11.2. The lowest BCUT2D eigenvalue weighted by Crippen LogP contribution is -2.00. The van der Waals surface area contributed by atoms with Crippen LogP contribution in [0.2, 0.25) is 0 Å². The van der Waals surface area contributed by atoms with E-state index in [-0.39, 0.29) is 0 Å². The Kier molecular flexibility index (Phi) is 3.97. The van der Waals surface area contributed by atoms with E-state index in [2.05, 4.69) is 35.9 Å². The lowest BCUT2D eigenvalue weighted by atomic mass is 10.4. The highest BCUT2D eigenvalue weighted by molar-refractivity contribution is 9.10. The standard InChI is InChI=1S/C10H11BrN6S/c1-2-8-14-5(11)3-9(17-8)18-10-15-6(12)4-7(13)16-10/h3-4H,2H2,1H3,(H4,12,13,15,16). The lowest BCUT2D eigenvalue weighted by molar-refractivity contribution is 0.872. The summed E-state index contributed by atoms with van der Waals surface area (Å²) in [4.78, 5) is 16.8. The number of rotatable bonds is 3. The largest absolute Gasteiger partial charge is 0.383 e. The van der Waals surface area contributed by atoms with Gasteiger partial charge in [-0.2, -0.15) is 0 Å². The molecule has 0 aliphatic heterocycles. The SMILES string of the molecule is CCc1nc(Br)cc(Sc2nc(N)cc(N)n2)n1. The molecule has 0 unspecified atom stereocenters. The third-order valence-electron chi connectivity index (χ3n) is 1.98. The van der Waals surface area contributed by atoms with Gasteiger partial charge in [-0.05, 0) is 27.7 Å². The summed E-state index contributed by atoms with van der Waals surface area (Å²) in [6.45, 7) is 1.99. The average Bonchev–Trinajstić information content (AvgIpc) is 2.26. The van der Waals surface area contributed by atoms with E-state index in [1.54, 1.807) is 6.07 Å². The molecular weight excluding hydrogens is 316 g/mol. The number of hydrogen-bond donors (Lipinski definition) is 2. The number of nitrogens with zero attached hydrogens (tertiary/aromatic N) is 4. The summed E-state index contributed by atoms with van der Waals surface area (Å²) in [5.74, 6) is 1.44. The first-order valence-electron chi connectivity index (χ1n) is 5.18. The number of aryl methyl sites for hydroxylation is 1. The number of nitrogens with two attached hydrogens (primary N) is 2. The van der Waals surface area contributed by atoms with Crippen molar-refractivity contribution in [2.24, 2.45) is 0 Å². The monoisotopic (exact) mass is 326 g/mol. The summed E-state index contributed by atoms with van der Waals surface area (Å²) in [7, 11) is 0. The van der Waals surface area contributed by atoms with Crippen LogP contribution in [0, 0.1) is 0 Å².